The molecule has 1 saturated heterocycles. The summed E-state index contributed by atoms with van der Waals surface area (Å²) < 4.78 is 8.54. The average Bonchev–Trinajstić information content (AvgIpc) is 3.36. The van der Waals surface area contributed by atoms with Gasteiger partial charge in [0.1, 0.15) is 5.76 Å². The molecule has 1 aliphatic heterocycles. The van der Waals surface area contributed by atoms with E-state index in [4.69, 9.17) is 16.0 Å². The highest BCUT2D eigenvalue weighted by atomic mass is 35.5. The molecule has 0 saturated carbocycles. The average molecular weight is 395 g/mol. The molecule has 0 unspecified atom stereocenters. The van der Waals surface area contributed by atoms with Gasteiger partial charge in [-0.25, -0.2) is 0 Å². The van der Waals surface area contributed by atoms with Crippen LogP contribution in [0.4, 0.5) is 5.95 Å². The summed E-state index contributed by atoms with van der Waals surface area (Å²) in [7, 11) is 0. The van der Waals surface area contributed by atoms with E-state index in [1.165, 1.54) is 24.1 Å². The van der Waals surface area contributed by atoms with Gasteiger partial charge in [-0.15, -0.1) is 21.5 Å². The van der Waals surface area contributed by atoms with Crippen LogP contribution in [-0.4, -0.2) is 27.9 Å². The lowest BCUT2D eigenvalue weighted by atomic mass is 10.1. The molecular weight excluding hydrogens is 376 g/mol. The molecule has 0 amide bonds. The highest BCUT2D eigenvalue weighted by Gasteiger charge is 2.21. The second-order valence-corrected chi connectivity index (χ2v) is 8.73. The molecule has 1 aliphatic rings. The second-order valence-electron chi connectivity index (χ2n) is 5.99. The first-order valence-corrected chi connectivity index (χ1v) is 10.5. The van der Waals surface area contributed by atoms with Crippen LogP contribution >= 0.6 is 34.7 Å². The SMILES string of the molecule is Clc1ccc(CSc2nnc(N3CCCCC3)n2Cc2ccco2)s1. The van der Waals surface area contributed by atoms with Gasteiger partial charge in [-0.05, 0) is 43.5 Å². The summed E-state index contributed by atoms with van der Waals surface area (Å²) in [4.78, 5) is 3.58. The van der Waals surface area contributed by atoms with E-state index in [2.05, 4.69) is 25.7 Å². The summed E-state index contributed by atoms with van der Waals surface area (Å²) >= 11 is 9.34. The number of thiophene rings is 1. The van der Waals surface area contributed by atoms with Crippen LogP contribution in [0.25, 0.3) is 0 Å². The van der Waals surface area contributed by atoms with Crippen molar-refractivity contribution in [3.63, 3.8) is 0 Å². The molecule has 1 fully saturated rings. The summed E-state index contributed by atoms with van der Waals surface area (Å²) in [5, 5.41) is 9.87. The molecule has 0 spiro atoms. The number of aromatic nitrogens is 3. The Labute approximate surface area is 160 Å². The first-order valence-electron chi connectivity index (χ1n) is 8.37. The van der Waals surface area contributed by atoms with E-state index in [0.29, 0.717) is 6.54 Å². The van der Waals surface area contributed by atoms with Gasteiger partial charge in [-0.3, -0.25) is 4.57 Å². The van der Waals surface area contributed by atoms with Crippen LogP contribution in [-0.2, 0) is 12.3 Å². The fourth-order valence-corrected chi connectivity index (χ4v) is 5.04. The molecule has 0 bridgehead atoms. The molecule has 4 rings (SSSR count). The van der Waals surface area contributed by atoms with Crippen molar-refractivity contribution in [2.24, 2.45) is 0 Å². The molecule has 0 aliphatic carbocycles. The third-order valence-electron chi connectivity index (χ3n) is 4.20. The topological polar surface area (TPSA) is 47.1 Å². The van der Waals surface area contributed by atoms with E-state index >= 15 is 0 Å². The fraction of sp³-hybridized carbons (Fsp3) is 0.412. The number of hydrogen-bond acceptors (Lipinski definition) is 6. The summed E-state index contributed by atoms with van der Waals surface area (Å²) in [5.41, 5.74) is 0. The molecule has 5 nitrogen and oxygen atoms in total. The lowest BCUT2D eigenvalue weighted by Crippen LogP contribution is -2.32. The van der Waals surface area contributed by atoms with Gasteiger partial charge in [0.25, 0.3) is 0 Å². The van der Waals surface area contributed by atoms with Crippen LogP contribution < -0.4 is 4.90 Å². The van der Waals surface area contributed by atoms with Crippen LogP contribution in [0, 0.1) is 0 Å². The van der Waals surface area contributed by atoms with Gasteiger partial charge in [0, 0.05) is 23.7 Å². The molecule has 4 heterocycles. The largest absolute Gasteiger partial charge is 0.467 e. The van der Waals surface area contributed by atoms with Gasteiger partial charge in [0.15, 0.2) is 5.16 Å². The van der Waals surface area contributed by atoms with E-state index < -0.39 is 0 Å². The number of furan rings is 1. The van der Waals surface area contributed by atoms with Gasteiger partial charge in [-0.1, -0.05) is 23.4 Å². The molecule has 0 N–H and O–H groups in total. The van der Waals surface area contributed by atoms with Gasteiger partial charge >= 0.3 is 0 Å². The van der Waals surface area contributed by atoms with E-state index in [1.54, 1.807) is 29.4 Å². The zero-order chi connectivity index (χ0) is 17.1. The normalized spacial score (nSPS) is 15.0. The lowest BCUT2D eigenvalue weighted by molar-refractivity contribution is 0.479. The standard InChI is InChI=1S/C17H19ClN4OS2/c18-15-7-6-14(25-15)12-24-17-20-19-16(21-8-2-1-3-9-21)22(17)11-13-5-4-10-23-13/h4-7,10H,1-3,8-9,11-12H2. The van der Waals surface area contributed by atoms with Gasteiger partial charge in [0.05, 0.1) is 17.1 Å². The minimum atomic E-state index is 0.652. The van der Waals surface area contributed by atoms with E-state index in [0.717, 1.165) is 40.0 Å². The summed E-state index contributed by atoms with van der Waals surface area (Å²) in [6.45, 7) is 2.74. The minimum absolute atomic E-state index is 0.652. The molecule has 0 aromatic carbocycles. The minimum Gasteiger partial charge on any atom is -0.467 e. The Morgan fingerprint density at radius 3 is 2.76 bits per heavy atom. The Hall–Kier alpha value is -1.44. The van der Waals surface area contributed by atoms with Crippen molar-refractivity contribution in [2.75, 3.05) is 18.0 Å². The number of hydrogen-bond donors (Lipinski definition) is 0. The van der Waals surface area contributed by atoms with Crippen LogP contribution in [0.3, 0.4) is 0 Å². The highest BCUT2D eigenvalue weighted by molar-refractivity contribution is 7.98. The van der Waals surface area contributed by atoms with E-state index in [9.17, 15) is 0 Å². The maximum Gasteiger partial charge on any atom is 0.228 e. The molecule has 3 aromatic heterocycles. The third-order valence-corrected chi connectivity index (χ3v) is 6.63. The number of halogens is 1. The summed E-state index contributed by atoms with van der Waals surface area (Å²) in [6.07, 6.45) is 5.43. The Morgan fingerprint density at radius 2 is 2.04 bits per heavy atom. The Kier molecular flexibility index (Phi) is 5.33. The predicted octanol–water partition coefficient (Wildman–Crippen LogP) is 4.92. The van der Waals surface area contributed by atoms with Gasteiger partial charge in [-0.2, -0.15) is 0 Å². The smallest absolute Gasteiger partial charge is 0.228 e. The molecule has 0 atom stereocenters. The lowest BCUT2D eigenvalue weighted by Gasteiger charge is -2.27. The van der Waals surface area contributed by atoms with Crippen LogP contribution in [0.15, 0.2) is 40.1 Å². The molecule has 132 valence electrons. The molecule has 25 heavy (non-hydrogen) atoms. The van der Waals surface area contributed by atoms with Crippen LogP contribution in [0.1, 0.15) is 29.9 Å². The Morgan fingerprint density at radius 1 is 1.16 bits per heavy atom. The zero-order valence-electron chi connectivity index (χ0n) is 13.7. The summed E-state index contributed by atoms with van der Waals surface area (Å²) in [6, 6.07) is 7.92. The number of anilines is 1. The monoisotopic (exact) mass is 394 g/mol. The molecule has 0 radical (unpaired) electrons. The molecule has 3 aromatic rings. The van der Waals surface area contributed by atoms with Crippen molar-refractivity contribution in [1.82, 2.24) is 14.8 Å². The maximum atomic E-state index is 6.03. The fourth-order valence-electron chi connectivity index (χ4n) is 2.98. The summed E-state index contributed by atoms with van der Waals surface area (Å²) in [5.74, 6) is 2.70. The first kappa shape index (κ1) is 17.0. The van der Waals surface area contributed by atoms with E-state index in [-0.39, 0.29) is 0 Å². The predicted molar refractivity (Wildman–Crippen MR) is 103 cm³/mol. The third kappa shape index (κ3) is 4.04. The van der Waals surface area contributed by atoms with Crippen molar-refractivity contribution in [2.45, 2.75) is 36.7 Å². The van der Waals surface area contributed by atoms with Crippen molar-refractivity contribution in [3.05, 3.63) is 45.5 Å². The van der Waals surface area contributed by atoms with Crippen LogP contribution in [0.5, 0.6) is 0 Å². The zero-order valence-corrected chi connectivity index (χ0v) is 16.1. The number of rotatable bonds is 6. The number of thioether (sulfide) groups is 1. The van der Waals surface area contributed by atoms with Crippen LogP contribution in [0.2, 0.25) is 4.34 Å². The quantitative estimate of drug-likeness (QED) is 0.555. The van der Waals surface area contributed by atoms with E-state index in [1.807, 2.05) is 18.2 Å². The highest BCUT2D eigenvalue weighted by Crippen LogP contribution is 2.31. The first-order chi connectivity index (χ1) is 12.3. The van der Waals surface area contributed by atoms with Gasteiger partial charge in [0.2, 0.25) is 5.95 Å². The van der Waals surface area contributed by atoms with Crippen molar-refractivity contribution >= 4 is 40.6 Å². The van der Waals surface area contributed by atoms with Crippen molar-refractivity contribution in [1.29, 1.82) is 0 Å². The Bertz CT molecular complexity index is 809. The van der Waals surface area contributed by atoms with Crippen molar-refractivity contribution in [3.8, 4) is 0 Å². The second kappa shape index (κ2) is 7.85. The van der Waals surface area contributed by atoms with Crippen molar-refractivity contribution < 1.29 is 4.42 Å². The number of piperidine rings is 1. The number of nitrogens with zero attached hydrogens (tertiary/aromatic N) is 4. The van der Waals surface area contributed by atoms with Gasteiger partial charge < -0.3 is 9.32 Å². The maximum absolute atomic E-state index is 6.03. The molecular formula is C17H19ClN4OS2. The molecule has 8 heteroatoms. The Balaban J connectivity index is 1.57.